The summed E-state index contributed by atoms with van der Waals surface area (Å²) >= 11 is 0. The van der Waals surface area contributed by atoms with Gasteiger partial charge in [0.2, 0.25) is 0 Å². The molecule has 2 aromatic rings. The fourth-order valence-corrected chi connectivity index (χ4v) is 4.42. The summed E-state index contributed by atoms with van der Waals surface area (Å²) in [6, 6.07) is 0. The molecule has 0 bridgehead atoms. The third-order valence-corrected chi connectivity index (χ3v) is 5.92. The molecule has 0 amide bonds. The molecule has 2 aromatic heterocycles. The van der Waals surface area contributed by atoms with Gasteiger partial charge in [-0.1, -0.05) is 0 Å². The van der Waals surface area contributed by atoms with Crippen LogP contribution < -0.4 is 5.73 Å². The number of nitrogens with zero attached hydrogens (tertiary/aromatic N) is 4. The Bertz CT molecular complexity index is 1020. The second kappa shape index (κ2) is 9.44. The summed E-state index contributed by atoms with van der Waals surface area (Å²) in [5.74, 6) is 0.0724. The number of nitrogen functional groups attached to an aromatic ring is 1. The Hall–Kier alpha value is -1.82. The molecule has 33 heavy (non-hydrogen) atoms. The van der Waals surface area contributed by atoms with Crippen molar-refractivity contribution in [2.24, 2.45) is 0 Å². The van der Waals surface area contributed by atoms with Crippen molar-refractivity contribution in [1.29, 1.82) is 0 Å². The first-order valence-electron chi connectivity index (χ1n) is 9.74. The summed E-state index contributed by atoms with van der Waals surface area (Å²) in [5, 5.41) is 30.4. The number of ether oxygens (including phenoxy) is 4. The number of hydrogen-bond donors (Lipinski definition) is 6. The number of imidazole rings is 1. The molecule has 184 valence electrons. The summed E-state index contributed by atoms with van der Waals surface area (Å²) in [5.41, 5.74) is 6.18. The largest absolute Gasteiger partial charge is 0.470 e. The Morgan fingerprint density at radius 1 is 1.15 bits per heavy atom. The monoisotopic (exact) mass is 493 g/mol. The Kier molecular flexibility index (Phi) is 6.95. The number of aliphatic hydroxyl groups is 3. The quantitative estimate of drug-likeness (QED) is 0.205. The molecule has 0 aliphatic carbocycles. The lowest BCUT2D eigenvalue weighted by Crippen LogP contribution is -2.39. The number of rotatable bonds is 8. The summed E-state index contributed by atoms with van der Waals surface area (Å²) in [6.45, 7) is -0.782. The minimum Gasteiger partial charge on any atom is -0.394 e. The summed E-state index contributed by atoms with van der Waals surface area (Å²) in [7, 11) is -3.70. The molecule has 17 heteroatoms. The van der Waals surface area contributed by atoms with Crippen LogP contribution in [0.15, 0.2) is 12.7 Å². The minimum atomic E-state index is -5.04. The second-order valence-corrected chi connectivity index (χ2v) is 8.64. The van der Waals surface area contributed by atoms with Gasteiger partial charge in [0.1, 0.15) is 48.5 Å². The van der Waals surface area contributed by atoms with Gasteiger partial charge in [-0.3, -0.25) is 9.09 Å². The van der Waals surface area contributed by atoms with E-state index in [9.17, 15) is 29.7 Å². The highest BCUT2D eigenvalue weighted by Crippen LogP contribution is 2.45. The standard InChI is InChI=1S/C16H24N5O11P/c1-28-11-6(2-22)31-16(10(11)24)29-3-7-9(23)12(32-33(25,26)27)15(30-7)21-5-20-8-13(17)18-4-19-14(8)21/h4-7,9-12,15-16,22-24H,2-3H2,1H3,(H2,17,18,19)(H2,25,26,27)/t6-,7-,9-,10-,11+,12-,15-,16?/m1/s1. The first-order chi connectivity index (χ1) is 15.6. The van der Waals surface area contributed by atoms with Crippen LogP contribution in [0.2, 0.25) is 0 Å². The highest BCUT2D eigenvalue weighted by atomic mass is 31.2. The molecule has 2 aliphatic heterocycles. The molecule has 2 saturated heterocycles. The van der Waals surface area contributed by atoms with Crippen LogP contribution in [0.1, 0.15) is 6.23 Å². The number of methoxy groups -OCH3 is 1. The number of anilines is 1. The highest BCUT2D eigenvalue weighted by molar-refractivity contribution is 7.46. The van der Waals surface area contributed by atoms with E-state index in [2.05, 4.69) is 15.0 Å². The number of hydrogen-bond acceptors (Lipinski definition) is 13. The fourth-order valence-electron chi connectivity index (χ4n) is 3.88. The average Bonchev–Trinajstić information content (AvgIpc) is 3.41. The van der Waals surface area contributed by atoms with Crippen LogP contribution in [-0.2, 0) is 28.0 Å². The third kappa shape index (κ3) is 4.73. The first-order valence-corrected chi connectivity index (χ1v) is 11.3. The van der Waals surface area contributed by atoms with Crippen LogP contribution in [0.5, 0.6) is 0 Å². The van der Waals surface area contributed by atoms with Crippen LogP contribution in [0, 0.1) is 0 Å². The van der Waals surface area contributed by atoms with Gasteiger partial charge in [-0.2, -0.15) is 0 Å². The van der Waals surface area contributed by atoms with Crippen LogP contribution in [0.4, 0.5) is 5.82 Å². The molecule has 0 radical (unpaired) electrons. The van der Waals surface area contributed by atoms with Gasteiger partial charge in [-0.05, 0) is 0 Å². The third-order valence-electron chi connectivity index (χ3n) is 5.40. The molecule has 4 heterocycles. The number of phosphoric ester groups is 1. The SMILES string of the molecule is CO[C@H]1[C@@H](CO)OC(OC[C@H]2O[C@@H](n3cnc4c(N)ncnc43)[C@H](OP(=O)(O)O)[C@@H]2O)[C@@H]1O. The highest BCUT2D eigenvalue weighted by Gasteiger charge is 2.50. The van der Waals surface area contributed by atoms with Gasteiger partial charge in [-0.25, -0.2) is 19.5 Å². The van der Waals surface area contributed by atoms with E-state index < -0.39 is 63.6 Å². The van der Waals surface area contributed by atoms with E-state index in [4.69, 9.17) is 29.2 Å². The van der Waals surface area contributed by atoms with Gasteiger partial charge in [0.25, 0.3) is 0 Å². The van der Waals surface area contributed by atoms with Crippen molar-refractivity contribution >= 4 is 24.8 Å². The smallest absolute Gasteiger partial charge is 0.394 e. The zero-order valence-electron chi connectivity index (χ0n) is 17.2. The van der Waals surface area contributed by atoms with E-state index in [0.29, 0.717) is 0 Å². The molecule has 4 rings (SSSR count). The van der Waals surface area contributed by atoms with E-state index in [-0.39, 0.29) is 23.6 Å². The van der Waals surface area contributed by atoms with Crippen molar-refractivity contribution < 1.29 is 53.1 Å². The topological polar surface area (TPSA) is 234 Å². The van der Waals surface area contributed by atoms with Gasteiger partial charge in [0, 0.05) is 7.11 Å². The maximum Gasteiger partial charge on any atom is 0.470 e. The van der Waals surface area contributed by atoms with Crippen LogP contribution in [0.3, 0.4) is 0 Å². The van der Waals surface area contributed by atoms with Gasteiger partial charge in [0.05, 0.1) is 19.5 Å². The van der Waals surface area contributed by atoms with Gasteiger partial charge in [0.15, 0.2) is 24.0 Å². The van der Waals surface area contributed by atoms with E-state index in [1.165, 1.54) is 24.3 Å². The summed E-state index contributed by atoms with van der Waals surface area (Å²) in [6.07, 6.45) is -7.22. The lowest BCUT2D eigenvalue weighted by Gasteiger charge is -2.22. The molecular weight excluding hydrogens is 469 g/mol. The zero-order valence-corrected chi connectivity index (χ0v) is 18.1. The van der Waals surface area contributed by atoms with Crippen molar-refractivity contribution in [2.45, 2.75) is 49.1 Å². The maximum absolute atomic E-state index is 11.5. The van der Waals surface area contributed by atoms with Crippen molar-refractivity contribution in [1.82, 2.24) is 19.5 Å². The van der Waals surface area contributed by atoms with Crippen molar-refractivity contribution in [3.8, 4) is 0 Å². The zero-order chi connectivity index (χ0) is 23.9. The molecule has 2 fully saturated rings. The first kappa shape index (κ1) is 24.3. The van der Waals surface area contributed by atoms with Crippen LogP contribution in [-0.4, -0.2) is 108 Å². The normalized spacial score (nSPS) is 35.0. The number of aliphatic hydroxyl groups excluding tert-OH is 3. The molecule has 1 unspecified atom stereocenters. The van der Waals surface area contributed by atoms with Crippen molar-refractivity contribution in [3.63, 3.8) is 0 Å². The maximum atomic E-state index is 11.5. The van der Waals surface area contributed by atoms with Crippen molar-refractivity contribution in [3.05, 3.63) is 12.7 Å². The Morgan fingerprint density at radius 3 is 2.55 bits per heavy atom. The molecule has 0 saturated carbocycles. The Labute approximate surface area is 186 Å². The van der Waals surface area contributed by atoms with Crippen LogP contribution in [0.25, 0.3) is 11.2 Å². The average molecular weight is 493 g/mol. The second-order valence-electron chi connectivity index (χ2n) is 7.45. The molecule has 8 atom stereocenters. The number of nitrogens with two attached hydrogens (primary N) is 1. The van der Waals surface area contributed by atoms with E-state index >= 15 is 0 Å². The van der Waals surface area contributed by atoms with E-state index in [0.717, 1.165) is 0 Å². The lowest BCUT2D eigenvalue weighted by molar-refractivity contribution is -0.190. The summed E-state index contributed by atoms with van der Waals surface area (Å²) in [4.78, 5) is 30.6. The number of phosphoric acid groups is 1. The van der Waals surface area contributed by atoms with Crippen LogP contribution >= 0.6 is 7.82 Å². The van der Waals surface area contributed by atoms with Gasteiger partial charge in [-0.15, -0.1) is 0 Å². The fraction of sp³-hybridized carbons (Fsp3) is 0.688. The number of fused-ring (bicyclic) bond motifs is 1. The lowest BCUT2D eigenvalue weighted by atomic mass is 10.1. The molecule has 0 aromatic carbocycles. The molecule has 0 spiro atoms. The molecule has 7 N–H and O–H groups in total. The predicted molar refractivity (Wildman–Crippen MR) is 105 cm³/mol. The Balaban J connectivity index is 1.54. The molecule has 16 nitrogen and oxygen atoms in total. The molecule has 2 aliphatic rings. The van der Waals surface area contributed by atoms with E-state index in [1.54, 1.807) is 0 Å². The molecular formula is C16H24N5O11P. The van der Waals surface area contributed by atoms with E-state index in [1.807, 2.05) is 0 Å². The summed E-state index contributed by atoms with van der Waals surface area (Å²) < 4.78 is 39.4. The van der Waals surface area contributed by atoms with Gasteiger partial charge < -0.3 is 49.8 Å². The van der Waals surface area contributed by atoms with Gasteiger partial charge >= 0.3 is 7.82 Å². The predicted octanol–water partition coefficient (Wildman–Crippen LogP) is -2.75. The Morgan fingerprint density at radius 2 is 1.91 bits per heavy atom. The minimum absolute atomic E-state index is 0.0724. The number of aromatic nitrogens is 4. The van der Waals surface area contributed by atoms with Crippen molar-refractivity contribution in [2.75, 3.05) is 26.1 Å².